The van der Waals surface area contributed by atoms with Gasteiger partial charge in [-0.1, -0.05) is 41.9 Å². The molecule has 1 saturated heterocycles. The first-order chi connectivity index (χ1) is 12.8. The monoisotopic (exact) mass is 386 g/mol. The number of carbonyl (C=O) groups is 3. The third-order valence-corrected chi connectivity index (χ3v) is 4.88. The van der Waals surface area contributed by atoms with Gasteiger partial charge in [-0.2, -0.15) is 0 Å². The predicted octanol–water partition coefficient (Wildman–Crippen LogP) is 3.22. The summed E-state index contributed by atoms with van der Waals surface area (Å²) in [6, 6.07) is 12.1. The van der Waals surface area contributed by atoms with E-state index in [0.29, 0.717) is 0 Å². The molecule has 2 atom stereocenters. The fourth-order valence-corrected chi connectivity index (χ4v) is 3.40. The van der Waals surface area contributed by atoms with E-state index >= 15 is 0 Å². The highest BCUT2D eigenvalue weighted by atomic mass is 35.5. The molecule has 3 rings (SSSR count). The molecule has 2 aromatic carbocycles. The number of carbonyl (C=O) groups excluding carboxylic acids is 3. The molecule has 0 aromatic heterocycles. The van der Waals surface area contributed by atoms with Gasteiger partial charge >= 0.3 is 0 Å². The number of ketones is 2. The van der Waals surface area contributed by atoms with Gasteiger partial charge in [0.1, 0.15) is 0 Å². The largest absolute Gasteiger partial charge is 0.337 e. The third kappa shape index (κ3) is 3.46. The van der Waals surface area contributed by atoms with Gasteiger partial charge in [0.15, 0.2) is 17.5 Å². The van der Waals surface area contributed by atoms with Gasteiger partial charge in [-0.15, -0.1) is 0 Å². The van der Waals surface area contributed by atoms with E-state index in [-0.39, 0.29) is 17.0 Å². The molecule has 0 spiro atoms. The number of amides is 1. The molecule has 1 aliphatic heterocycles. The quantitative estimate of drug-likeness (QED) is 0.348. The van der Waals surface area contributed by atoms with E-state index in [4.69, 9.17) is 11.6 Å². The summed E-state index contributed by atoms with van der Waals surface area (Å²) >= 11 is 5.76. The molecule has 8 heteroatoms. The maximum atomic E-state index is 12.8. The van der Waals surface area contributed by atoms with Crippen molar-refractivity contribution >= 4 is 34.8 Å². The molecule has 1 aliphatic rings. The summed E-state index contributed by atoms with van der Waals surface area (Å²) in [5.74, 6) is -3.70. The summed E-state index contributed by atoms with van der Waals surface area (Å²) in [6.07, 6.45) is -0.0377. The molecular formula is C19H15ClN2O5. The minimum Gasteiger partial charge on any atom is -0.337 e. The van der Waals surface area contributed by atoms with Gasteiger partial charge < -0.3 is 4.90 Å². The molecule has 2 unspecified atom stereocenters. The molecule has 7 nitrogen and oxygen atoms in total. The molecule has 2 aromatic rings. The first-order valence-electron chi connectivity index (χ1n) is 8.13. The molecule has 27 heavy (non-hydrogen) atoms. The molecule has 1 heterocycles. The number of nitro benzene ring substituents is 1. The summed E-state index contributed by atoms with van der Waals surface area (Å²) in [6.45, 7) is 0. The first-order valence-corrected chi connectivity index (χ1v) is 8.51. The Morgan fingerprint density at radius 1 is 1.19 bits per heavy atom. The van der Waals surface area contributed by atoms with Crippen molar-refractivity contribution < 1.29 is 19.3 Å². The Labute approximate surface area is 159 Å². The number of nitro groups is 1. The van der Waals surface area contributed by atoms with Crippen molar-refractivity contribution in [2.45, 2.75) is 12.5 Å². The Bertz CT molecular complexity index is 944. The SMILES string of the molecule is CN1C(=O)C(C(=O)c2ccc(Cl)cc2[N+](=O)[O-])C(=O)CC1c1ccccc1. The average Bonchev–Trinajstić information content (AvgIpc) is 2.65. The summed E-state index contributed by atoms with van der Waals surface area (Å²) in [7, 11) is 1.52. The highest BCUT2D eigenvalue weighted by Gasteiger charge is 2.45. The molecule has 0 bridgehead atoms. The molecule has 138 valence electrons. The van der Waals surface area contributed by atoms with E-state index in [1.807, 2.05) is 6.07 Å². The topological polar surface area (TPSA) is 97.6 Å². The zero-order chi connectivity index (χ0) is 19.7. The normalized spacial score (nSPS) is 19.9. The molecule has 1 fully saturated rings. The maximum Gasteiger partial charge on any atom is 0.281 e. The van der Waals surface area contributed by atoms with Crippen LogP contribution in [0.1, 0.15) is 28.4 Å². The minimum absolute atomic E-state index is 0.0377. The van der Waals surface area contributed by atoms with Crippen molar-refractivity contribution in [1.29, 1.82) is 0 Å². The van der Waals surface area contributed by atoms with Crippen LogP contribution >= 0.6 is 11.6 Å². The second kappa shape index (κ2) is 7.28. The number of likely N-dealkylation sites (tertiary alicyclic amines) is 1. The summed E-state index contributed by atoms with van der Waals surface area (Å²) in [4.78, 5) is 50.1. The second-order valence-corrected chi connectivity index (χ2v) is 6.70. The van der Waals surface area contributed by atoms with Gasteiger partial charge in [0.05, 0.1) is 16.5 Å². The van der Waals surface area contributed by atoms with Crippen LogP contribution in [-0.4, -0.2) is 34.3 Å². The fraction of sp³-hybridized carbons (Fsp3) is 0.211. The number of halogens is 1. The Kier molecular flexibility index (Phi) is 5.05. The fourth-order valence-electron chi connectivity index (χ4n) is 3.24. The van der Waals surface area contributed by atoms with Crippen molar-refractivity contribution in [3.63, 3.8) is 0 Å². The summed E-state index contributed by atoms with van der Waals surface area (Å²) in [5, 5.41) is 11.3. The van der Waals surface area contributed by atoms with Gasteiger partial charge in [0.2, 0.25) is 5.91 Å². The smallest absolute Gasteiger partial charge is 0.281 e. The molecule has 0 aliphatic carbocycles. The van der Waals surface area contributed by atoms with E-state index in [9.17, 15) is 24.5 Å². The van der Waals surface area contributed by atoms with Crippen LogP contribution in [0.25, 0.3) is 0 Å². The zero-order valence-corrected chi connectivity index (χ0v) is 15.1. The number of piperidine rings is 1. The average molecular weight is 387 g/mol. The van der Waals surface area contributed by atoms with Crippen LogP contribution in [0.15, 0.2) is 48.5 Å². The van der Waals surface area contributed by atoms with Crippen LogP contribution in [-0.2, 0) is 9.59 Å². The van der Waals surface area contributed by atoms with Crippen LogP contribution in [0, 0.1) is 16.0 Å². The van der Waals surface area contributed by atoms with Crippen molar-refractivity contribution in [2.75, 3.05) is 7.05 Å². The Hall–Kier alpha value is -3.06. The minimum atomic E-state index is -1.59. The Morgan fingerprint density at radius 2 is 1.85 bits per heavy atom. The molecule has 1 amide bonds. The van der Waals surface area contributed by atoms with E-state index in [2.05, 4.69) is 0 Å². The number of hydrogen-bond donors (Lipinski definition) is 0. The maximum absolute atomic E-state index is 12.8. The van der Waals surface area contributed by atoms with Crippen LogP contribution in [0.5, 0.6) is 0 Å². The van der Waals surface area contributed by atoms with E-state index in [0.717, 1.165) is 11.6 Å². The first kappa shape index (κ1) is 18.7. The lowest BCUT2D eigenvalue weighted by Crippen LogP contribution is -2.48. The molecule has 0 N–H and O–H groups in total. The number of benzene rings is 2. The van der Waals surface area contributed by atoms with Gasteiger partial charge in [-0.3, -0.25) is 24.5 Å². The highest BCUT2D eigenvalue weighted by molar-refractivity contribution is 6.31. The molecular weight excluding hydrogens is 372 g/mol. The molecule has 0 saturated carbocycles. The second-order valence-electron chi connectivity index (χ2n) is 6.26. The van der Waals surface area contributed by atoms with Crippen LogP contribution < -0.4 is 0 Å². The van der Waals surface area contributed by atoms with E-state index in [1.54, 1.807) is 24.3 Å². The highest BCUT2D eigenvalue weighted by Crippen LogP contribution is 2.34. The number of nitrogens with zero attached hydrogens (tertiary/aromatic N) is 2. The summed E-state index contributed by atoms with van der Waals surface area (Å²) in [5.41, 5.74) is -0.0475. The third-order valence-electron chi connectivity index (χ3n) is 4.65. The van der Waals surface area contributed by atoms with Crippen molar-refractivity contribution in [3.05, 3.63) is 74.8 Å². The summed E-state index contributed by atoms with van der Waals surface area (Å²) < 4.78 is 0. The van der Waals surface area contributed by atoms with Crippen molar-refractivity contribution in [3.8, 4) is 0 Å². The van der Waals surface area contributed by atoms with Gasteiger partial charge in [0, 0.05) is 24.6 Å². The predicted molar refractivity (Wildman–Crippen MR) is 97.5 cm³/mol. The number of rotatable bonds is 4. The number of hydrogen-bond acceptors (Lipinski definition) is 5. The molecule has 0 radical (unpaired) electrons. The Balaban J connectivity index is 1.95. The lowest BCUT2D eigenvalue weighted by atomic mass is 9.83. The lowest BCUT2D eigenvalue weighted by molar-refractivity contribution is -0.385. The van der Waals surface area contributed by atoms with Crippen LogP contribution in [0.2, 0.25) is 5.02 Å². The Morgan fingerprint density at radius 3 is 2.48 bits per heavy atom. The van der Waals surface area contributed by atoms with Gasteiger partial charge in [-0.05, 0) is 17.7 Å². The zero-order valence-electron chi connectivity index (χ0n) is 14.3. The number of Topliss-reactive ketones (excluding diaryl/α,β-unsaturated/α-hetero) is 2. The van der Waals surface area contributed by atoms with E-state index < -0.39 is 40.0 Å². The van der Waals surface area contributed by atoms with Crippen LogP contribution in [0.4, 0.5) is 5.69 Å². The lowest BCUT2D eigenvalue weighted by Gasteiger charge is -2.35. The van der Waals surface area contributed by atoms with Crippen LogP contribution in [0.3, 0.4) is 0 Å². The van der Waals surface area contributed by atoms with E-state index in [1.165, 1.54) is 24.1 Å². The van der Waals surface area contributed by atoms with Gasteiger partial charge in [-0.25, -0.2) is 0 Å². The van der Waals surface area contributed by atoms with Crippen molar-refractivity contribution in [2.24, 2.45) is 5.92 Å². The standard InChI is InChI=1S/C19H15ClN2O5/c1-21-14(11-5-3-2-4-6-11)10-16(23)17(19(21)25)18(24)13-8-7-12(20)9-15(13)22(26)27/h2-9,14,17H,10H2,1H3. The van der Waals surface area contributed by atoms with Gasteiger partial charge in [0.25, 0.3) is 5.69 Å². The van der Waals surface area contributed by atoms with Crippen molar-refractivity contribution in [1.82, 2.24) is 4.90 Å².